The van der Waals surface area contributed by atoms with Gasteiger partial charge in [-0.2, -0.15) is 17.6 Å². The molecule has 10 heteroatoms. The highest BCUT2D eigenvalue weighted by atomic mass is 19.4. The van der Waals surface area contributed by atoms with E-state index >= 15 is 0 Å². The molecule has 0 aliphatic carbocycles. The van der Waals surface area contributed by atoms with Gasteiger partial charge in [0.1, 0.15) is 0 Å². The minimum atomic E-state index is -4.33. The van der Waals surface area contributed by atoms with Gasteiger partial charge in [0.2, 0.25) is 11.7 Å². The molecule has 1 aliphatic rings. The van der Waals surface area contributed by atoms with E-state index in [0.717, 1.165) is 17.0 Å². The molecule has 1 N–H and O–H groups in total. The van der Waals surface area contributed by atoms with Crippen LogP contribution in [0.1, 0.15) is 12.8 Å². The van der Waals surface area contributed by atoms with E-state index in [9.17, 15) is 32.5 Å². The molecule has 2 rings (SSSR count). The Hall–Kier alpha value is -2.23. The molecule has 0 aromatic heterocycles. The Balaban J connectivity index is 1.99. The van der Waals surface area contributed by atoms with E-state index in [-0.39, 0.29) is 18.8 Å². The Kier molecular flexibility index (Phi) is 5.37. The number of hydrogen-bond donors (Lipinski definition) is 1. The van der Waals surface area contributed by atoms with Gasteiger partial charge in [0.15, 0.2) is 0 Å². The van der Waals surface area contributed by atoms with Gasteiger partial charge in [-0.05, 0) is 25.5 Å². The number of halogens is 4. The van der Waals surface area contributed by atoms with Crippen LogP contribution in [0, 0.1) is 21.8 Å². The molecule has 1 atom stereocenters. The van der Waals surface area contributed by atoms with Crippen molar-refractivity contribution in [3.05, 3.63) is 34.1 Å². The van der Waals surface area contributed by atoms with E-state index in [2.05, 4.69) is 5.32 Å². The Morgan fingerprint density at radius 2 is 2.12 bits per heavy atom. The number of nitro groups is 1. The number of hydrogen-bond acceptors (Lipinski definition) is 4. The molecular weight excluding hydrogens is 334 g/mol. The first kappa shape index (κ1) is 18.1. The van der Waals surface area contributed by atoms with Crippen LogP contribution in [0.5, 0.6) is 0 Å². The molecule has 6 nitrogen and oxygen atoms in total. The van der Waals surface area contributed by atoms with Gasteiger partial charge in [-0.15, -0.1) is 0 Å². The van der Waals surface area contributed by atoms with Crippen LogP contribution >= 0.6 is 0 Å². The molecule has 1 amide bonds. The third kappa shape index (κ3) is 4.88. The summed E-state index contributed by atoms with van der Waals surface area (Å²) in [7, 11) is 0. The average molecular weight is 349 g/mol. The Morgan fingerprint density at radius 1 is 1.42 bits per heavy atom. The number of piperidine rings is 1. The maximum atomic E-state index is 13.5. The number of nitrogens with one attached hydrogen (secondary N) is 1. The highest BCUT2D eigenvalue weighted by molar-refractivity contribution is 5.92. The number of carbonyl (C=O) groups is 1. The minimum Gasteiger partial charge on any atom is -0.326 e. The van der Waals surface area contributed by atoms with Crippen LogP contribution in [0.2, 0.25) is 0 Å². The summed E-state index contributed by atoms with van der Waals surface area (Å²) in [6, 6.07) is 2.91. The highest BCUT2D eigenvalue weighted by Gasteiger charge is 2.34. The summed E-state index contributed by atoms with van der Waals surface area (Å²) < 4.78 is 50.8. The Bertz CT molecular complexity index is 636. The van der Waals surface area contributed by atoms with Crippen molar-refractivity contribution in [1.29, 1.82) is 0 Å². The smallest absolute Gasteiger partial charge is 0.326 e. The van der Waals surface area contributed by atoms with E-state index < -0.39 is 41.0 Å². The van der Waals surface area contributed by atoms with Crippen molar-refractivity contribution in [3.8, 4) is 0 Å². The average Bonchev–Trinajstić information content (AvgIpc) is 2.45. The van der Waals surface area contributed by atoms with Crippen molar-refractivity contribution in [2.45, 2.75) is 19.0 Å². The van der Waals surface area contributed by atoms with Crippen molar-refractivity contribution < 1.29 is 27.3 Å². The van der Waals surface area contributed by atoms with Crippen LogP contribution in [0.25, 0.3) is 0 Å². The molecular formula is C14H15F4N3O3. The summed E-state index contributed by atoms with van der Waals surface area (Å²) in [5.74, 6) is -2.28. The fourth-order valence-corrected chi connectivity index (χ4v) is 2.64. The van der Waals surface area contributed by atoms with Gasteiger partial charge in [-0.1, -0.05) is 0 Å². The maximum Gasteiger partial charge on any atom is 0.401 e. The fourth-order valence-electron chi connectivity index (χ4n) is 2.64. The monoisotopic (exact) mass is 349 g/mol. The largest absolute Gasteiger partial charge is 0.401 e. The minimum absolute atomic E-state index is 0.0241. The second-order valence-corrected chi connectivity index (χ2v) is 5.60. The van der Waals surface area contributed by atoms with Crippen LogP contribution in [-0.4, -0.2) is 41.5 Å². The predicted molar refractivity (Wildman–Crippen MR) is 76.9 cm³/mol. The molecule has 0 radical (unpaired) electrons. The lowest BCUT2D eigenvalue weighted by Crippen LogP contribution is -2.44. The lowest BCUT2D eigenvalue weighted by molar-refractivity contribution is -0.387. The van der Waals surface area contributed by atoms with E-state index in [0.29, 0.717) is 12.8 Å². The summed E-state index contributed by atoms with van der Waals surface area (Å²) in [4.78, 5) is 22.9. The SMILES string of the molecule is O=C(Nc1ccc([N+](=O)[O-])c(F)c1)[C@@H]1CCCN(CC(F)(F)F)C1. The lowest BCUT2D eigenvalue weighted by Gasteiger charge is -2.32. The molecule has 0 unspecified atom stereocenters. The van der Waals surface area contributed by atoms with E-state index in [1.54, 1.807) is 0 Å². The normalized spacial score (nSPS) is 19.1. The summed E-state index contributed by atoms with van der Waals surface area (Å²) in [6.07, 6.45) is -3.46. The zero-order valence-electron chi connectivity index (χ0n) is 12.5. The van der Waals surface area contributed by atoms with Crippen molar-refractivity contribution >= 4 is 17.3 Å². The second-order valence-electron chi connectivity index (χ2n) is 5.60. The van der Waals surface area contributed by atoms with Crippen LogP contribution in [0.3, 0.4) is 0 Å². The topological polar surface area (TPSA) is 75.5 Å². The number of nitrogens with zero attached hydrogens (tertiary/aromatic N) is 2. The molecule has 0 saturated carbocycles. The molecule has 24 heavy (non-hydrogen) atoms. The van der Waals surface area contributed by atoms with E-state index in [1.165, 1.54) is 6.07 Å². The van der Waals surface area contributed by atoms with Gasteiger partial charge in [0.25, 0.3) is 0 Å². The first-order chi connectivity index (χ1) is 11.2. The molecule has 0 bridgehead atoms. The molecule has 1 aliphatic heterocycles. The molecule has 1 aromatic rings. The number of rotatable bonds is 4. The number of anilines is 1. The standard InChI is InChI=1S/C14H15F4N3O3/c15-11-6-10(3-4-12(11)21(23)24)19-13(22)9-2-1-5-20(7-9)8-14(16,17)18/h3-4,6,9H,1-2,5,7-8H2,(H,19,22)/t9-/m1/s1. The molecule has 1 fully saturated rings. The zero-order valence-corrected chi connectivity index (χ0v) is 12.5. The quantitative estimate of drug-likeness (QED) is 0.515. The first-order valence-corrected chi connectivity index (χ1v) is 7.19. The Labute approximate surface area is 134 Å². The maximum absolute atomic E-state index is 13.5. The molecule has 0 spiro atoms. The first-order valence-electron chi connectivity index (χ1n) is 7.19. The highest BCUT2D eigenvalue weighted by Crippen LogP contribution is 2.25. The summed E-state index contributed by atoms with van der Waals surface area (Å²) in [6.45, 7) is -0.862. The van der Waals surface area contributed by atoms with Gasteiger partial charge in [0.05, 0.1) is 17.4 Å². The molecule has 1 heterocycles. The van der Waals surface area contributed by atoms with Gasteiger partial charge < -0.3 is 5.32 Å². The van der Waals surface area contributed by atoms with Gasteiger partial charge in [-0.3, -0.25) is 19.8 Å². The molecule has 1 aromatic carbocycles. The number of alkyl halides is 3. The van der Waals surface area contributed by atoms with Crippen molar-refractivity contribution in [1.82, 2.24) is 4.90 Å². The van der Waals surface area contributed by atoms with Gasteiger partial charge in [-0.25, -0.2) is 0 Å². The number of nitro benzene ring substituents is 1. The van der Waals surface area contributed by atoms with E-state index in [1.807, 2.05) is 0 Å². The summed E-state index contributed by atoms with van der Waals surface area (Å²) in [5, 5.41) is 12.9. The number of carbonyl (C=O) groups excluding carboxylic acids is 1. The number of likely N-dealkylation sites (tertiary alicyclic amines) is 1. The number of benzene rings is 1. The third-order valence-corrected chi connectivity index (χ3v) is 3.69. The van der Waals surface area contributed by atoms with Crippen LogP contribution in [-0.2, 0) is 4.79 Å². The second kappa shape index (κ2) is 7.12. The van der Waals surface area contributed by atoms with Crippen molar-refractivity contribution in [3.63, 3.8) is 0 Å². The molecule has 1 saturated heterocycles. The Morgan fingerprint density at radius 3 is 2.71 bits per heavy atom. The predicted octanol–water partition coefficient (Wildman–Crippen LogP) is 2.95. The van der Waals surface area contributed by atoms with Crippen molar-refractivity contribution in [2.75, 3.05) is 25.0 Å². The van der Waals surface area contributed by atoms with Gasteiger partial charge in [0, 0.05) is 24.4 Å². The third-order valence-electron chi connectivity index (χ3n) is 3.69. The summed E-state index contributed by atoms with van der Waals surface area (Å²) >= 11 is 0. The lowest BCUT2D eigenvalue weighted by atomic mass is 9.97. The summed E-state index contributed by atoms with van der Waals surface area (Å²) in [5.41, 5.74) is -0.696. The van der Waals surface area contributed by atoms with Crippen molar-refractivity contribution in [2.24, 2.45) is 5.92 Å². The number of amides is 1. The zero-order chi connectivity index (χ0) is 17.9. The van der Waals surface area contributed by atoms with Crippen LogP contribution in [0.15, 0.2) is 18.2 Å². The molecule has 132 valence electrons. The van der Waals surface area contributed by atoms with Gasteiger partial charge >= 0.3 is 11.9 Å². The van der Waals surface area contributed by atoms with Crippen LogP contribution in [0.4, 0.5) is 28.9 Å². The fraction of sp³-hybridized carbons (Fsp3) is 0.500. The van der Waals surface area contributed by atoms with E-state index in [4.69, 9.17) is 0 Å². The van der Waals surface area contributed by atoms with Crippen LogP contribution < -0.4 is 5.32 Å².